The molecule has 2 aromatic heterocycles. The number of carbonyl (C=O) groups excluding carboxylic acids is 3. The van der Waals surface area contributed by atoms with Gasteiger partial charge in [-0.2, -0.15) is 18.3 Å². The number of piperazine rings is 1. The number of ketones is 1. The summed E-state index contributed by atoms with van der Waals surface area (Å²) in [5, 5.41) is 8.91. The molecular formula is C24H28F3N7O5. The van der Waals surface area contributed by atoms with E-state index in [0.717, 1.165) is 17.2 Å². The Labute approximate surface area is 221 Å². The van der Waals surface area contributed by atoms with Gasteiger partial charge < -0.3 is 24.8 Å². The van der Waals surface area contributed by atoms with E-state index in [4.69, 9.17) is 4.74 Å². The smallest absolute Gasteiger partial charge is 0.379 e. The van der Waals surface area contributed by atoms with Crippen LogP contribution in [0, 0.1) is 0 Å². The van der Waals surface area contributed by atoms with Crippen molar-refractivity contribution in [2.24, 2.45) is 0 Å². The summed E-state index contributed by atoms with van der Waals surface area (Å²) in [5.74, 6) is -0.783. The van der Waals surface area contributed by atoms with E-state index in [2.05, 4.69) is 20.5 Å². The number of ether oxygens (including phenoxy) is 1. The zero-order chi connectivity index (χ0) is 28.5. The molecule has 2 N–H and O–H groups in total. The van der Waals surface area contributed by atoms with Gasteiger partial charge >= 0.3 is 6.18 Å². The van der Waals surface area contributed by atoms with Crippen LogP contribution in [0.15, 0.2) is 23.3 Å². The van der Waals surface area contributed by atoms with Crippen LogP contribution in [-0.2, 0) is 20.5 Å². The third-order valence-electron chi connectivity index (χ3n) is 6.59. The second-order valence-electron chi connectivity index (χ2n) is 9.42. The molecule has 210 valence electrons. The third-order valence-corrected chi connectivity index (χ3v) is 6.59. The van der Waals surface area contributed by atoms with Gasteiger partial charge in [-0.1, -0.05) is 0 Å². The lowest BCUT2D eigenvalue weighted by molar-refractivity contribution is -0.138. The molecule has 2 atom stereocenters. The second kappa shape index (κ2) is 11.0. The largest absolute Gasteiger partial charge is 0.417 e. The maximum Gasteiger partial charge on any atom is 0.417 e. The van der Waals surface area contributed by atoms with Crippen molar-refractivity contribution < 1.29 is 32.3 Å². The molecule has 4 heterocycles. The highest BCUT2D eigenvalue weighted by Gasteiger charge is 2.43. The minimum absolute atomic E-state index is 0.0345. The molecule has 0 bridgehead atoms. The molecule has 0 aliphatic carbocycles. The summed E-state index contributed by atoms with van der Waals surface area (Å²) < 4.78 is 45.0. The van der Waals surface area contributed by atoms with Crippen molar-refractivity contribution in [3.8, 4) is 0 Å². The number of hydrogen-bond donors (Lipinski definition) is 2. The average Bonchev–Trinajstić information content (AvgIpc) is 2.88. The lowest BCUT2D eigenvalue weighted by Gasteiger charge is -2.46. The van der Waals surface area contributed by atoms with Crippen LogP contribution in [0.25, 0.3) is 0 Å². The molecule has 12 nitrogen and oxygen atoms in total. The number of nitrogens with one attached hydrogen (secondary N) is 2. The minimum atomic E-state index is -4.58. The molecule has 1 saturated heterocycles. The van der Waals surface area contributed by atoms with Crippen molar-refractivity contribution >= 4 is 34.8 Å². The van der Waals surface area contributed by atoms with E-state index in [9.17, 15) is 32.3 Å². The SMILES string of the molecule is CC(=O)c1c(N[C@@H](C)COCCC(=O)N2CCN3c4ncc(C(F)(F)F)cc4N(C)C(=O)[C@@H]3C2)cn[nH]c1=O. The summed E-state index contributed by atoms with van der Waals surface area (Å²) in [5.41, 5.74) is -1.21. The number of pyridine rings is 1. The fourth-order valence-corrected chi connectivity index (χ4v) is 4.63. The van der Waals surface area contributed by atoms with Gasteiger partial charge in [0, 0.05) is 32.4 Å². The number of carbonyl (C=O) groups is 3. The van der Waals surface area contributed by atoms with E-state index in [-0.39, 0.29) is 74.0 Å². The number of nitrogens with zero attached hydrogens (tertiary/aromatic N) is 5. The first-order valence-electron chi connectivity index (χ1n) is 12.2. The summed E-state index contributed by atoms with van der Waals surface area (Å²) in [7, 11) is 1.39. The molecule has 2 amide bonds. The lowest BCUT2D eigenvalue weighted by atomic mass is 10.0. The number of anilines is 3. The van der Waals surface area contributed by atoms with Gasteiger partial charge in [0.2, 0.25) is 5.91 Å². The molecule has 0 radical (unpaired) electrons. The van der Waals surface area contributed by atoms with Crippen LogP contribution in [0.5, 0.6) is 0 Å². The second-order valence-corrected chi connectivity index (χ2v) is 9.42. The van der Waals surface area contributed by atoms with Crippen molar-refractivity contribution in [3.63, 3.8) is 0 Å². The Morgan fingerprint density at radius 2 is 2.00 bits per heavy atom. The molecular weight excluding hydrogens is 523 g/mol. The van der Waals surface area contributed by atoms with E-state index in [1.54, 1.807) is 11.8 Å². The van der Waals surface area contributed by atoms with Crippen LogP contribution >= 0.6 is 0 Å². The molecule has 0 saturated carbocycles. The van der Waals surface area contributed by atoms with E-state index < -0.39 is 35.0 Å². The predicted octanol–water partition coefficient (Wildman–Crippen LogP) is 1.29. The molecule has 1 fully saturated rings. The van der Waals surface area contributed by atoms with Crippen LogP contribution in [-0.4, -0.2) is 89.7 Å². The molecule has 0 spiro atoms. The number of hydrogen-bond acceptors (Lipinski definition) is 9. The molecule has 2 aromatic rings. The first-order chi connectivity index (χ1) is 18.4. The highest BCUT2D eigenvalue weighted by Crippen LogP contribution is 2.39. The zero-order valence-corrected chi connectivity index (χ0v) is 21.5. The highest BCUT2D eigenvalue weighted by atomic mass is 19.4. The summed E-state index contributed by atoms with van der Waals surface area (Å²) in [6.45, 7) is 3.93. The number of alkyl halides is 3. The first kappa shape index (κ1) is 28.0. The van der Waals surface area contributed by atoms with Gasteiger partial charge in [0.05, 0.1) is 49.3 Å². The Kier molecular flexibility index (Phi) is 7.90. The molecule has 4 rings (SSSR count). The molecule has 0 unspecified atom stereocenters. The van der Waals surface area contributed by atoms with Gasteiger partial charge in [0.25, 0.3) is 11.5 Å². The number of rotatable bonds is 8. The Morgan fingerprint density at radius 3 is 2.69 bits per heavy atom. The third kappa shape index (κ3) is 5.87. The summed E-state index contributed by atoms with van der Waals surface area (Å²) in [6.07, 6.45) is -2.44. The molecule has 2 aliphatic heterocycles. The van der Waals surface area contributed by atoms with Crippen molar-refractivity contribution in [2.75, 3.05) is 55.0 Å². The summed E-state index contributed by atoms with van der Waals surface area (Å²) >= 11 is 0. The minimum Gasteiger partial charge on any atom is -0.379 e. The van der Waals surface area contributed by atoms with E-state index in [0.29, 0.717) is 0 Å². The van der Waals surface area contributed by atoms with Crippen LogP contribution in [0.1, 0.15) is 36.2 Å². The highest BCUT2D eigenvalue weighted by molar-refractivity contribution is 6.05. The molecule has 15 heteroatoms. The Bertz CT molecular complexity index is 1330. The monoisotopic (exact) mass is 551 g/mol. The number of fused-ring (bicyclic) bond motifs is 3. The number of halogens is 3. The quantitative estimate of drug-likeness (QED) is 0.367. The van der Waals surface area contributed by atoms with Gasteiger partial charge in [-0.25, -0.2) is 10.1 Å². The van der Waals surface area contributed by atoms with Gasteiger partial charge in [0.1, 0.15) is 11.6 Å². The fraction of sp³-hybridized carbons (Fsp3) is 0.500. The molecule has 0 aromatic carbocycles. The Morgan fingerprint density at radius 1 is 1.26 bits per heavy atom. The number of aromatic nitrogens is 3. The predicted molar refractivity (Wildman–Crippen MR) is 134 cm³/mol. The zero-order valence-electron chi connectivity index (χ0n) is 21.5. The average molecular weight is 552 g/mol. The van der Waals surface area contributed by atoms with Gasteiger partial charge in [-0.3, -0.25) is 19.2 Å². The lowest BCUT2D eigenvalue weighted by Crippen LogP contribution is -2.63. The summed E-state index contributed by atoms with van der Waals surface area (Å²) in [4.78, 5) is 57.7. The van der Waals surface area contributed by atoms with E-state index in [1.807, 2.05) is 0 Å². The molecule has 2 aliphatic rings. The number of Topliss-reactive ketones (excluding diaryl/α,β-unsaturated/α-hetero) is 1. The van der Waals surface area contributed by atoms with Crippen molar-refractivity contribution in [1.82, 2.24) is 20.1 Å². The van der Waals surface area contributed by atoms with Crippen molar-refractivity contribution in [1.29, 1.82) is 0 Å². The molecule has 39 heavy (non-hydrogen) atoms. The number of likely N-dealkylation sites (N-methyl/N-ethyl adjacent to an activating group) is 1. The fourth-order valence-electron chi connectivity index (χ4n) is 4.63. The number of H-pyrrole nitrogens is 1. The van der Waals surface area contributed by atoms with Crippen LogP contribution in [0.2, 0.25) is 0 Å². The van der Waals surface area contributed by atoms with Gasteiger partial charge in [-0.05, 0) is 19.9 Å². The van der Waals surface area contributed by atoms with Crippen molar-refractivity contribution in [3.05, 3.63) is 39.9 Å². The maximum absolute atomic E-state index is 13.1. The standard InChI is InChI=1S/C24H28F3N7O5/c1-13(30-16-10-29-31-22(37)20(16)14(2)35)12-39-7-4-19(36)33-5-6-34-18(11-33)23(38)32(3)17-8-15(24(25,26)27)9-28-21(17)34/h8-10,13,18H,4-7,11-12H2,1-3H3,(H2,30,31,37)/t13-,18-/m0/s1. The van der Waals surface area contributed by atoms with Gasteiger partial charge in [-0.15, -0.1) is 0 Å². The van der Waals surface area contributed by atoms with E-state index in [1.165, 1.54) is 25.1 Å². The Hall–Kier alpha value is -4.01. The van der Waals surface area contributed by atoms with Crippen LogP contribution in [0.4, 0.5) is 30.4 Å². The van der Waals surface area contributed by atoms with E-state index >= 15 is 0 Å². The van der Waals surface area contributed by atoms with Crippen molar-refractivity contribution in [2.45, 2.75) is 38.5 Å². The number of amides is 2. The first-order valence-corrected chi connectivity index (χ1v) is 12.2. The summed E-state index contributed by atoms with van der Waals surface area (Å²) in [6, 6.07) is -0.145. The maximum atomic E-state index is 13.1. The van der Waals surface area contributed by atoms with Crippen LogP contribution < -0.4 is 20.7 Å². The number of aromatic amines is 1. The van der Waals surface area contributed by atoms with Crippen LogP contribution in [0.3, 0.4) is 0 Å². The normalized spacial score (nSPS) is 17.9. The van der Waals surface area contributed by atoms with Gasteiger partial charge in [0.15, 0.2) is 11.6 Å². The Balaban J connectivity index is 1.30. The topological polar surface area (TPSA) is 141 Å².